The fourth-order valence-electron chi connectivity index (χ4n) is 1.45. The normalized spacial score (nSPS) is 11.0. The maximum atomic E-state index is 5.62. The van der Waals surface area contributed by atoms with Crippen LogP contribution in [0.25, 0.3) is 0 Å². The molecule has 0 saturated heterocycles. The highest BCUT2D eigenvalue weighted by Crippen LogP contribution is 2.32. The number of azo groups is 1. The molecule has 5 N–H and O–H groups in total. The lowest BCUT2D eigenvalue weighted by molar-refractivity contribution is 0.415. The highest BCUT2D eigenvalue weighted by molar-refractivity contribution is 5.70. The number of hydrogen-bond donors (Lipinski definition) is 3. The monoisotopic (exact) mass is 246 g/mol. The molecule has 0 aliphatic heterocycles. The lowest BCUT2D eigenvalue weighted by Crippen LogP contribution is -1.85. The van der Waals surface area contributed by atoms with Gasteiger partial charge in [-0.1, -0.05) is 6.07 Å². The van der Waals surface area contributed by atoms with Crippen LogP contribution in [0.4, 0.5) is 23.0 Å². The number of hydrogen-bond acceptors (Lipinski definition) is 6. The van der Waals surface area contributed by atoms with Crippen molar-refractivity contribution in [1.29, 1.82) is 0 Å². The summed E-state index contributed by atoms with van der Waals surface area (Å²) < 4.78 is 5.19. The molecule has 2 aromatic rings. The van der Waals surface area contributed by atoms with Gasteiger partial charge in [-0.15, -0.1) is 10.2 Å². The summed E-state index contributed by atoms with van der Waals surface area (Å²) in [6.07, 6.45) is 0. The van der Waals surface area contributed by atoms with E-state index in [1.165, 1.54) is 0 Å². The average Bonchev–Trinajstić information content (AvgIpc) is 2.67. The first-order chi connectivity index (χ1) is 8.61. The van der Waals surface area contributed by atoms with E-state index in [2.05, 4.69) is 20.4 Å². The maximum absolute atomic E-state index is 5.62. The zero-order valence-electron chi connectivity index (χ0n) is 10.1. The number of methoxy groups -OCH3 is 1. The average molecular weight is 246 g/mol. The number of aryl methyl sites for hydroxylation is 1. The van der Waals surface area contributed by atoms with Gasteiger partial charge in [-0.2, -0.15) is 5.10 Å². The van der Waals surface area contributed by atoms with E-state index in [9.17, 15) is 0 Å². The van der Waals surface area contributed by atoms with E-state index in [1.54, 1.807) is 7.11 Å². The summed E-state index contributed by atoms with van der Waals surface area (Å²) in [6, 6.07) is 5.61. The molecule has 7 nitrogen and oxygen atoms in total. The van der Waals surface area contributed by atoms with Crippen molar-refractivity contribution in [2.24, 2.45) is 10.2 Å². The standard InChI is InChI=1S/C11H14N6O/c1-6-3-4-8(18-2)7(5-6)14-15-9-10(12)16-17-11(9)13/h3-5H,1-2H3,(H5,12,13,16,17). The third kappa shape index (κ3) is 2.24. The maximum Gasteiger partial charge on any atom is 0.175 e. The number of nitrogens with zero attached hydrogens (tertiary/aromatic N) is 3. The second-order valence-corrected chi connectivity index (χ2v) is 3.75. The highest BCUT2D eigenvalue weighted by atomic mass is 16.5. The summed E-state index contributed by atoms with van der Waals surface area (Å²) in [5.41, 5.74) is 13.2. The Kier molecular flexibility index (Phi) is 3.13. The van der Waals surface area contributed by atoms with Crippen LogP contribution < -0.4 is 16.2 Å². The molecular formula is C11H14N6O. The quantitative estimate of drug-likeness (QED) is 0.720. The van der Waals surface area contributed by atoms with E-state index >= 15 is 0 Å². The molecule has 0 amide bonds. The lowest BCUT2D eigenvalue weighted by atomic mass is 10.2. The first-order valence-electron chi connectivity index (χ1n) is 5.27. The van der Waals surface area contributed by atoms with Crippen LogP contribution in [-0.4, -0.2) is 17.3 Å². The molecule has 0 radical (unpaired) electrons. The molecule has 1 heterocycles. The second-order valence-electron chi connectivity index (χ2n) is 3.75. The van der Waals surface area contributed by atoms with Crippen molar-refractivity contribution in [3.63, 3.8) is 0 Å². The Bertz CT molecular complexity index is 570. The minimum Gasteiger partial charge on any atom is -0.494 e. The summed E-state index contributed by atoms with van der Waals surface area (Å²) in [7, 11) is 1.57. The highest BCUT2D eigenvalue weighted by Gasteiger charge is 2.07. The molecule has 0 atom stereocenters. The van der Waals surface area contributed by atoms with Gasteiger partial charge in [0.05, 0.1) is 7.11 Å². The van der Waals surface area contributed by atoms with Crippen molar-refractivity contribution < 1.29 is 4.74 Å². The van der Waals surface area contributed by atoms with Gasteiger partial charge in [0.25, 0.3) is 0 Å². The molecule has 94 valence electrons. The van der Waals surface area contributed by atoms with Gasteiger partial charge in [0.1, 0.15) is 17.3 Å². The number of nitrogens with one attached hydrogen (secondary N) is 1. The fraction of sp³-hybridized carbons (Fsp3) is 0.182. The Hall–Kier alpha value is -2.57. The van der Waals surface area contributed by atoms with Gasteiger partial charge in [0.2, 0.25) is 0 Å². The van der Waals surface area contributed by atoms with Crippen LogP contribution in [-0.2, 0) is 0 Å². The molecular weight excluding hydrogens is 232 g/mol. The van der Waals surface area contributed by atoms with E-state index in [-0.39, 0.29) is 11.6 Å². The molecule has 2 rings (SSSR count). The van der Waals surface area contributed by atoms with Gasteiger partial charge in [-0.05, 0) is 24.6 Å². The topological polar surface area (TPSA) is 115 Å². The SMILES string of the molecule is COc1ccc(C)cc1N=Nc1c(N)n[nH]c1N. The summed E-state index contributed by atoms with van der Waals surface area (Å²) >= 11 is 0. The Morgan fingerprint density at radius 2 is 2.06 bits per heavy atom. The van der Waals surface area contributed by atoms with E-state index in [0.717, 1.165) is 5.56 Å². The van der Waals surface area contributed by atoms with Gasteiger partial charge in [-0.25, -0.2) is 0 Å². The van der Waals surface area contributed by atoms with Crippen molar-refractivity contribution >= 4 is 23.0 Å². The first-order valence-corrected chi connectivity index (χ1v) is 5.27. The molecule has 0 aliphatic rings. The minimum atomic E-state index is 0.211. The predicted octanol–water partition coefficient (Wildman–Crippen LogP) is 2.31. The van der Waals surface area contributed by atoms with E-state index in [4.69, 9.17) is 16.2 Å². The van der Waals surface area contributed by atoms with Crippen LogP contribution in [0.3, 0.4) is 0 Å². The number of ether oxygens (including phenoxy) is 1. The number of nitrogens with two attached hydrogens (primary N) is 2. The number of benzene rings is 1. The summed E-state index contributed by atoms with van der Waals surface area (Å²) in [6.45, 7) is 1.96. The zero-order valence-corrected chi connectivity index (χ0v) is 10.1. The smallest absolute Gasteiger partial charge is 0.175 e. The third-order valence-corrected chi connectivity index (χ3v) is 2.39. The van der Waals surface area contributed by atoms with Crippen LogP contribution in [0, 0.1) is 6.92 Å². The van der Waals surface area contributed by atoms with Crippen LogP contribution in [0.5, 0.6) is 5.75 Å². The molecule has 0 unspecified atom stereocenters. The lowest BCUT2D eigenvalue weighted by Gasteiger charge is -2.03. The number of nitrogen functional groups attached to an aromatic ring is 2. The fourth-order valence-corrected chi connectivity index (χ4v) is 1.45. The first kappa shape index (κ1) is 11.9. The van der Waals surface area contributed by atoms with Gasteiger partial charge in [0.15, 0.2) is 11.5 Å². The molecule has 1 aromatic carbocycles. The Balaban J connectivity index is 2.37. The number of aromatic amines is 1. The largest absolute Gasteiger partial charge is 0.494 e. The van der Waals surface area contributed by atoms with Gasteiger partial charge in [-0.3, -0.25) is 5.10 Å². The molecule has 0 saturated carbocycles. The second kappa shape index (κ2) is 4.74. The van der Waals surface area contributed by atoms with Crippen molar-refractivity contribution in [1.82, 2.24) is 10.2 Å². The summed E-state index contributed by atoms with van der Waals surface area (Å²) in [5.74, 6) is 1.12. The number of aromatic nitrogens is 2. The van der Waals surface area contributed by atoms with Crippen molar-refractivity contribution in [3.05, 3.63) is 23.8 Å². The Labute approximate surface area is 104 Å². The van der Waals surface area contributed by atoms with Crippen LogP contribution in [0.15, 0.2) is 28.4 Å². The number of rotatable bonds is 3. The summed E-state index contributed by atoms with van der Waals surface area (Å²) in [4.78, 5) is 0. The molecule has 18 heavy (non-hydrogen) atoms. The van der Waals surface area contributed by atoms with Crippen LogP contribution >= 0.6 is 0 Å². The van der Waals surface area contributed by atoms with E-state index in [1.807, 2.05) is 25.1 Å². The van der Waals surface area contributed by atoms with Crippen molar-refractivity contribution in [2.45, 2.75) is 6.92 Å². The van der Waals surface area contributed by atoms with Gasteiger partial charge in [0, 0.05) is 0 Å². The molecule has 1 aromatic heterocycles. The summed E-state index contributed by atoms with van der Waals surface area (Å²) in [5, 5.41) is 14.3. The minimum absolute atomic E-state index is 0.211. The number of H-pyrrole nitrogens is 1. The molecule has 7 heteroatoms. The van der Waals surface area contributed by atoms with Gasteiger partial charge < -0.3 is 16.2 Å². The zero-order chi connectivity index (χ0) is 13.1. The third-order valence-electron chi connectivity index (χ3n) is 2.39. The van der Waals surface area contributed by atoms with Crippen LogP contribution in [0.1, 0.15) is 5.56 Å². The van der Waals surface area contributed by atoms with E-state index in [0.29, 0.717) is 17.1 Å². The van der Waals surface area contributed by atoms with Gasteiger partial charge >= 0.3 is 0 Å². The molecule has 0 spiro atoms. The molecule has 0 bridgehead atoms. The Morgan fingerprint density at radius 1 is 1.28 bits per heavy atom. The van der Waals surface area contributed by atoms with Crippen LogP contribution in [0.2, 0.25) is 0 Å². The molecule has 0 fully saturated rings. The molecule has 0 aliphatic carbocycles. The van der Waals surface area contributed by atoms with Crippen molar-refractivity contribution in [2.75, 3.05) is 18.6 Å². The Morgan fingerprint density at radius 3 is 2.67 bits per heavy atom. The van der Waals surface area contributed by atoms with E-state index < -0.39 is 0 Å². The number of anilines is 2. The predicted molar refractivity (Wildman–Crippen MR) is 69.3 cm³/mol. The van der Waals surface area contributed by atoms with Crippen molar-refractivity contribution in [3.8, 4) is 5.75 Å².